The molecule has 1 amide bonds. The Balaban J connectivity index is 2.55. The summed E-state index contributed by atoms with van der Waals surface area (Å²) in [6.07, 6.45) is 1.80. The zero-order valence-corrected chi connectivity index (χ0v) is 12.8. The summed E-state index contributed by atoms with van der Waals surface area (Å²) in [4.78, 5) is 17.8. The largest absolute Gasteiger partial charge is 0.387 e. The number of aliphatic hydroxyl groups is 1. The fourth-order valence-electron chi connectivity index (χ4n) is 1.71. The van der Waals surface area contributed by atoms with Gasteiger partial charge in [-0.1, -0.05) is 20.8 Å². The van der Waals surface area contributed by atoms with Crippen LogP contribution in [0.25, 0.3) is 0 Å². The van der Waals surface area contributed by atoms with Crippen LogP contribution in [0.4, 0.5) is 5.69 Å². The van der Waals surface area contributed by atoms with Crippen molar-refractivity contribution in [2.24, 2.45) is 5.92 Å². The average molecular weight is 279 g/mol. The Labute approximate surface area is 121 Å². The number of amides is 1. The Bertz CT molecular complexity index is 418. The van der Waals surface area contributed by atoms with E-state index in [0.29, 0.717) is 31.1 Å². The molecule has 0 aliphatic carbocycles. The van der Waals surface area contributed by atoms with Gasteiger partial charge in [0, 0.05) is 13.6 Å². The van der Waals surface area contributed by atoms with Crippen LogP contribution >= 0.6 is 0 Å². The van der Waals surface area contributed by atoms with Crippen LogP contribution in [0, 0.1) is 5.92 Å². The highest BCUT2D eigenvalue weighted by atomic mass is 16.3. The molecule has 1 unspecified atom stereocenters. The van der Waals surface area contributed by atoms with E-state index < -0.39 is 6.10 Å². The Morgan fingerprint density at radius 1 is 1.45 bits per heavy atom. The molecular formula is C15H25N3O2. The van der Waals surface area contributed by atoms with Crippen LogP contribution in [0.1, 0.15) is 39.0 Å². The van der Waals surface area contributed by atoms with Crippen molar-refractivity contribution in [2.45, 2.75) is 33.3 Å². The smallest absolute Gasteiger partial charge is 0.239 e. The van der Waals surface area contributed by atoms with Gasteiger partial charge in [-0.25, -0.2) is 0 Å². The van der Waals surface area contributed by atoms with Gasteiger partial charge in [0.25, 0.3) is 0 Å². The van der Waals surface area contributed by atoms with E-state index in [1.165, 1.54) is 0 Å². The summed E-state index contributed by atoms with van der Waals surface area (Å²) in [7, 11) is 1.85. The number of hydrogen-bond donors (Lipinski definition) is 2. The molecule has 20 heavy (non-hydrogen) atoms. The van der Waals surface area contributed by atoms with Crippen LogP contribution in [0.15, 0.2) is 18.3 Å². The molecule has 0 aliphatic heterocycles. The molecule has 1 atom stereocenters. The molecule has 0 fully saturated rings. The zero-order chi connectivity index (χ0) is 15.1. The summed E-state index contributed by atoms with van der Waals surface area (Å²) in [5.74, 6) is 0.444. The van der Waals surface area contributed by atoms with Gasteiger partial charge in [0.15, 0.2) is 0 Å². The van der Waals surface area contributed by atoms with Gasteiger partial charge < -0.3 is 15.3 Å². The number of aliphatic hydroxyl groups excluding tert-OH is 1. The summed E-state index contributed by atoms with van der Waals surface area (Å²) >= 11 is 0. The fourth-order valence-corrected chi connectivity index (χ4v) is 1.71. The minimum atomic E-state index is -0.524. The number of likely N-dealkylation sites (N-methyl/N-ethyl adjacent to an activating group) is 1. The van der Waals surface area contributed by atoms with Crippen LogP contribution in [-0.2, 0) is 4.79 Å². The van der Waals surface area contributed by atoms with Crippen molar-refractivity contribution in [1.29, 1.82) is 0 Å². The lowest BCUT2D eigenvalue weighted by Gasteiger charge is -2.19. The van der Waals surface area contributed by atoms with Crippen LogP contribution < -0.4 is 10.2 Å². The molecule has 5 heteroatoms. The predicted octanol–water partition coefficient (Wildman–Crippen LogP) is 1.73. The number of nitrogens with one attached hydrogen (secondary N) is 1. The summed E-state index contributed by atoms with van der Waals surface area (Å²) < 4.78 is 0. The SMILES string of the molecule is CCC(O)c1ccc(N(C)CC(=O)NCC(C)C)cn1. The molecule has 0 bridgehead atoms. The third-order valence-electron chi connectivity index (χ3n) is 3.03. The number of hydrogen-bond acceptors (Lipinski definition) is 4. The highest BCUT2D eigenvalue weighted by Crippen LogP contribution is 2.17. The van der Waals surface area contributed by atoms with E-state index in [4.69, 9.17) is 0 Å². The van der Waals surface area contributed by atoms with E-state index in [-0.39, 0.29) is 5.91 Å². The van der Waals surface area contributed by atoms with Gasteiger partial charge in [-0.2, -0.15) is 0 Å². The lowest BCUT2D eigenvalue weighted by atomic mass is 10.2. The molecular weight excluding hydrogens is 254 g/mol. The fraction of sp³-hybridized carbons (Fsp3) is 0.600. The maximum atomic E-state index is 11.7. The third kappa shape index (κ3) is 5.17. The van der Waals surface area contributed by atoms with Crippen LogP contribution in [0.5, 0.6) is 0 Å². The summed E-state index contributed by atoms with van der Waals surface area (Å²) in [6, 6.07) is 3.67. The maximum Gasteiger partial charge on any atom is 0.239 e. The molecule has 0 spiro atoms. The molecule has 0 aromatic carbocycles. The minimum Gasteiger partial charge on any atom is -0.387 e. The summed E-state index contributed by atoms with van der Waals surface area (Å²) in [5.41, 5.74) is 1.52. The highest BCUT2D eigenvalue weighted by molar-refractivity contribution is 5.81. The number of rotatable bonds is 7. The number of anilines is 1. The number of aromatic nitrogens is 1. The summed E-state index contributed by atoms with van der Waals surface area (Å²) in [6.45, 7) is 7.01. The standard InChI is InChI=1S/C15H25N3O2/c1-5-14(19)13-7-6-12(9-16-13)18(4)10-15(20)17-8-11(2)3/h6-7,9,11,14,19H,5,8,10H2,1-4H3,(H,17,20). The van der Waals surface area contributed by atoms with Gasteiger partial charge in [0.05, 0.1) is 30.2 Å². The van der Waals surface area contributed by atoms with E-state index in [1.54, 1.807) is 12.3 Å². The Hall–Kier alpha value is -1.62. The number of carbonyl (C=O) groups is 1. The third-order valence-corrected chi connectivity index (χ3v) is 3.03. The predicted molar refractivity (Wildman–Crippen MR) is 80.6 cm³/mol. The summed E-state index contributed by atoms with van der Waals surface area (Å²) in [5, 5.41) is 12.6. The van der Waals surface area contributed by atoms with E-state index in [2.05, 4.69) is 24.1 Å². The van der Waals surface area contributed by atoms with Crippen molar-refractivity contribution in [1.82, 2.24) is 10.3 Å². The topological polar surface area (TPSA) is 65.5 Å². The zero-order valence-electron chi connectivity index (χ0n) is 12.8. The highest BCUT2D eigenvalue weighted by Gasteiger charge is 2.10. The second-order valence-electron chi connectivity index (χ2n) is 5.42. The first-order valence-corrected chi connectivity index (χ1v) is 7.05. The molecule has 1 rings (SSSR count). The lowest BCUT2D eigenvalue weighted by molar-refractivity contribution is -0.119. The molecule has 0 saturated carbocycles. The Morgan fingerprint density at radius 3 is 2.65 bits per heavy atom. The van der Waals surface area contributed by atoms with Crippen molar-refractivity contribution in [3.05, 3.63) is 24.0 Å². The van der Waals surface area contributed by atoms with Crippen LogP contribution in [-0.4, -0.2) is 36.1 Å². The second-order valence-corrected chi connectivity index (χ2v) is 5.42. The molecule has 0 radical (unpaired) electrons. The first-order chi connectivity index (χ1) is 9.43. The van der Waals surface area contributed by atoms with Gasteiger partial charge in [0.2, 0.25) is 5.91 Å². The Kier molecular flexibility index (Phi) is 6.45. The first kappa shape index (κ1) is 16.4. The molecule has 0 aliphatic rings. The Morgan fingerprint density at radius 2 is 2.15 bits per heavy atom. The molecule has 112 valence electrons. The lowest BCUT2D eigenvalue weighted by Crippen LogP contribution is -2.36. The minimum absolute atomic E-state index is 0.00105. The molecule has 1 aromatic rings. The molecule has 1 heterocycles. The molecule has 5 nitrogen and oxygen atoms in total. The van der Waals surface area contributed by atoms with E-state index in [9.17, 15) is 9.90 Å². The van der Waals surface area contributed by atoms with E-state index >= 15 is 0 Å². The first-order valence-electron chi connectivity index (χ1n) is 7.05. The van der Waals surface area contributed by atoms with Crippen molar-refractivity contribution < 1.29 is 9.90 Å². The second kappa shape index (κ2) is 7.85. The van der Waals surface area contributed by atoms with Gasteiger partial charge in [-0.05, 0) is 24.5 Å². The quantitative estimate of drug-likeness (QED) is 0.798. The van der Waals surface area contributed by atoms with Gasteiger partial charge in [-0.3, -0.25) is 9.78 Å². The van der Waals surface area contributed by atoms with E-state index in [1.807, 2.05) is 24.9 Å². The maximum absolute atomic E-state index is 11.7. The van der Waals surface area contributed by atoms with Crippen LogP contribution in [0.2, 0.25) is 0 Å². The number of nitrogens with zero attached hydrogens (tertiary/aromatic N) is 2. The number of carbonyl (C=O) groups excluding carboxylic acids is 1. The average Bonchev–Trinajstić information content (AvgIpc) is 2.44. The van der Waals surface area contributed by atoms with Crippen molar-refractivity contribution in [3.63, 3.8) is 0 Å². The van der Waals surface area contributed by atoms with Gasteiger partial charge in [-0.15, -0.1) is 0 Å². The van der Waals surface area contributed by atoms with Crippen LogP contribution in [0.3, 0.4) is 0 Å². The van der Waals surface area contributed by atoms with Gasteiger partial charge in [0.1, 0.15) is 0 Å². The van der Waals surface area contributed by atoms with Crippen molar-refractivity contribution >= 4 is 11.6 Å². The molecule has 1 aromatic heterocycles. The molecule has 0 saturated heterocycles. The monoisotopic (exact) mass is 279 g/mol. The normalized spacial score (nSPS) is 12.3. The van der Waals surface area contributed by atoms with Gasteiger partial charge >= 0.3 is 0 Å². The van der Waals surface area contributed by atoms with E-state index in [0.717, 1.165) is 5.69 Å². The van der Waals surface area contributed by atoms with Crippen molar-refractivity contribution in [3.8, 4) is 0 Å². The molecule has 2 N–H and O–H groups in total. The number of pyridine rings is 1. The van der Waals surface area contributed by atoms with Crippen molar-refractivity contribution in [2.75, 3.05) is 25.0 Å².